The average Bonchev–Trinajstić information content (AvgIpc) is 2.26. The van der Waals surface area contributed by atoms with E-state index in [0.717, 1.165) is 0 Å². The number of esters is 1. The molecule has 0 aromatic rings. The zero-order chi connectivity index (χ0) is 12.3. The number of hydrogen-bond acceptors (Lipinski definition) is 4. The highest BCUT2D eigenvalue weighted by Crippen LogP contribution is 2.20. The second-order valence-corrected chi connectivity index (χ2v) is 4.81. The highest BCUT2D eigenvalue weighted by Gasteiger charge is 2.32. The number of piperidine rings is 1. The fourth-order valence-corrected chi connectivity index (χ4v) is 1.89. The third kappa shape index (κ3) is 2.95. The third-order valence-corrected chi connectivity index (χ3v) is 2.87. The summed E-state index contributed by atoms with van der Waals surface area (Å²) in [5.41, 5.74) is 4.91. The lowest BCUT2D eigenvalue weighted by Gasteiger charge is -2.34. The van der Waals surface area contributed by atoms with Crippen LogP contribution in [0, 0.1) is 5.92 Å². The summed E-state index contributed by atoms with van der Waals surface area (Å²) in [4.78, 5) is 24.9. The van der Waals surface area contributed by atoms with Gasteiger partial charge in [0.25, 0.3) is 0 Å². The molecule has 0 saturated carbocycles. The van der Waals surface area contributed by atoms with Crippen molar-refractivity contribution in [1.82, 2.24) is 4.90 Å². The summed E-state index contributed by atoms with van der Waals surface area (Å²) in [6, 6.07) is 0. The summed E-state index contributed by atoms with van der Waals surface area (Å²) in [7, 11) is 1.39. The van der Waals surface area contributed by atoms with Crippen LogP contribution in [-0.2, 0) is 14.3 Å². The minimum Gasteiger partial charge on any atom is -0.469 e. The quantitative estimate of drug-likeness (QED) is 0.682. The number of ether oxygens (including phenoxy) is 1. The van der Waals surface area contributed by atoms with Crippen LogP contribution >= 0.6 is 0 Å². The van der Waals surface area contributed by atoms with Crippen molar-refractivity contribution in [2.75, 3.05) is 20.2 Å². The molecular formula is C11H20N2O3. The predicted octanol–water partition coefficient (Wildman–Crippen LogP) is 0.135. The minimum absolute atomic E-state index is 0.0594. The lowest BCUT2D eigenvalue weighted by Crippen LogP contribution is -2.53. The molecule has 1 saturated heterocycles. The molecule has 0 spiro atoms. The van der Waals surface area contributed by atoms with Crippen LogP contribution in [0.5, 0.6) is 0 Å². The van der Waals surface area contributed by atoms with Gasteiger partial charge >= 0.3 is 5.97 Å². The molecule has 0 atom stereocenters. The number of hydrogen-bond donors (Lipinski definition) is 1. The summed E-state index contributed by atoms with van der Waals surface area (Å²) < 4.78 is 4.69. The molecule has 1 heterocycles. The highest BCUT2D eigenvalue weighted by atomic mass is 16.5. The Morgan fingerprint density at radius 3 is 2.19 bits per heavy atom. The Morgan fingerprint density at radius 1 is 1.31 bits per heavy atom. The number of carbonyl (C=O) groups is 2. The lowest BCUT2D eigenvalue weighted by molar-refractivity contribution is -0.149. The van der Waals surface area contributed by atoms with Crippen LogP contribution in [0.3, 0.4) is 0 Å². The van der Waals surface area contributed by atoms with Gasteiger partial charge in [-0.3, -0.25) is 9.59 Å². The summed E-state index contributed by atoms with van der Waals surface area (Å²) in [5, 5.41) is 0. The molecule has 5 heteroatoms. The van der Waals surface area contributed by atoms with E-state index in [1.54, 1.807) is 18.7 Å². The SMILES string of the molecule is COC(=O)C1CCN(C(=O)C(C)(C)N)CC1. The van der Waals surface area contributed by atoms with E-state index < -0.39 is 5.54 Å². The summed E-state index contributed by atoms with van der Waals surface area (Å²) in [6.07, 6.45) is 1.32. The Labute approximate surface area is 95.9 Å². The second kappa shape index (κ2) is 4.82. The van der Waals surface area contributed by atoms with Crippen LogP contribution in [0.1, 0.15) is 26.7 Å². The lowest BCUT2D eigenvalue weighted by atomic mass is 9.95. The Bertz CT molecular complexity index is 275. The van der Waals surface area contributed by atoms with Crippen LogP contribution in [0.4, 0.5) is 0 Å². The fourth-order valence-electron chi connectivity index (χ4n) is 1.89. The Balaban J connectivity index is 2.49. The molecule has 1 rings (SSSR count). The molecule has 0 unspecified atom stereocenters. The first-order chi connectivity index (χ1) is 7.36. The van der Waals surface area contributed by atoms with Gasteiger partial charge in [0.2, 0.25) is 5.91 Å². The predicted molar refractivity (Wildman–Crippen MR) is 59.6 cm³/mol. The van der Waals surface area contributed by atoms with Crippen molar-refractivity contribution in [3.63, 3.8) is 0 Å². The maximum Gasteiger partial charge on any atom is 0.308 e. The average molecular weight is 228 g/mol. The van der Waals surface area contributed by atoms with Crippen molar-refractivity contribution in [3.8, 4) is 0 Å². The van der Waals surface area contributed by atoms with E-state index in [-0.39, 0.29) is 17.8 Å². The number of methoxy groups -OCH3 is 1. The van der Waals surface area contributed by atoms with Crippen molar-refractivity contribution >= 4 is 11.9 Å². The van der Waals surface area contributed by atoms with Gasteiger partial charge in [0.1, 0.15) is 0 Å². The molecule has 0 bridgehead atoms. The first kappa shape index (κ1) is 13.0. The summed E-state index contributed by atoms with van der Waals surface area (Å²) >= 11 is 0. The molecule has 1 aliphatic heterocycles. The van der Waals surface area contributed by atoms with Crippen LogP contribution in [-0.4, -0.2) is 42.5 Å². The fraction of sp³-hybridized carbons (Fsp3) is 0.818. The molecule has 2 N–H and O–H groups in total. The van der Waals surface area contributed by atoms with Crippen LogP contribution < -0.4 is 5.73 Å². The number of rotatable bonds is 2. The number of nitrogens with two attached hydrogens (primary N) is 1. The zero-order valence-electron chi connectivity index (χ0n) is 10.2. The maximum absolute atomic E-state index is 11.9. The van der Waals surface area contributed by atoms with Crippen molar-refractivity contribution in [2.45, 2.75) is 32.2 Å². The number of carbonyl (C=O) groups excluding carboxylic acids is 2. The van der Waals surface area contributed by atoms with Gasteiger partial charge in [0.05, 0.1) is 18.6 Å². The molecule has 1 amide bonds. The molecule has 1 aliphatic rings. The third-order valence-electron chi connectivity index (χ3n) is 2.87. The van der Waals surface area contributed by atoms with Gasteiger partial charge in [-0.25, -0.2) is 0 Å². The normalized spacial score (nSPS) is 18.4. The maximum atomic E-state index is 11.9. The molecule has 92 valence electrons. The van der Waals surface area contributed by atoms with Gasteiger partial charge in [-0.1, -0.05) is 0 Å². The largest absolute Gasteiger partial charge is 0.469 e. The van der Waals surface area contributed by atoms with Gasteiger partial charge in [-0.2, -0.15) is 0 Å². The second-order valence-electron chi connectivity index (χ2n) is 4.81. The number of nitrogens with zero attached hydrogens (tertiary/aromatic N) is 1. The molecule has 5 nitrogen and oxygen atoms in total. The Hall–Kier alpha value is -1.10. The first-order valence-corrected chi connectivity index (χ1v) is 5.52. The van der Waals surface area contributed by atoms with Gasteiger partial charge in [-0.05, 0) is 26.7 Å². The summed E-state index contributed by atoms with van der Waals surface area (Å²) in [5.74, 6) is -0.315. The van der Waals surface area contributed by atoms with E-state index >= 15 is 0 Å². The van der Waals surface area contributed by atoms with Gasteiger partial charge in [0, 0.05) is 13.1 Å². The number of likely N-dealkylation sites (tertiary alicyclic amines) is 1. The van der Waals surface area contributed by atoms with Crippen LogP contribution in [0.25, 0.3) is 0 Å². The van der Waals surface area contributed by atoms with Crippen molar-refractivity contribution in [2.24, 2.45) is 11.7 Å². The Kier molecular flexibility index (Phi) is 3.91. The van der Waals surface area contributed by atoms with E-state index in [9.17, 15) is 9.59 Å². The number of amides is 1. The van der Waals surface area contributed by atoms with Crippen LogP contribution in [0.2, 0.25) is 0 Å². The molecule has 0 radical (unpaired) electrons. The van der Waals surface area contributed by atoms with E-state index in [1.165, 1.54) is 7.11 Å². The standard InChI is InChI=1S/C11H20N2O3/c1-11(2,12)10(15)13-6-4-8(5-7-13)9(14)16-3/h8H,4-7,12H2,1-3H3. The van der Waals surface area contributed by atoms with Gasteiger partial charge in [0.15, 0.2) is 0 Å². The molecule has 16 heavy (non-hydrogen) atoms. The van der Waals surface area contributed by atoms with Crippen LogP contribution in [0.15, 0.2) is 0 Å². The molecule has 1 fully saturated rings. The molecule has 0 aliphatic carbocycles. The van der Waals surface area contributed by atoms with Crippen molar-refractivity contribution in [1.29, 1.82) is 0 Å². The molecule has 0 aromatic heterocycles. The van der Waals surface area contributed by atoms with Gasteiger partial charge < -0.3 is 15.4 Å². The van der Waals surface area contributed by atoms with Crippen molar-refractivity contribution < 1.29 is 14.3 Å². The first-order valence-electron chi connectivity index (χ1n) is 5.52. The van der Waals surface area contributed by atoms with Gasteiger partial charge in [-0.15, -0.1) is 0 Å². The van der Waals surface area contributed by atoms with Crippen molar-refractivity contribution in [3.05, 3.63) is 0 Å². The smallest absolute Gasteiger partial charge is 0.308 e. The molecular weight excluding hydrogens is 208 g/mol. The van der Waals surface area contributed by atoms with E-state index in [2.05, 4.69) is 4.74 Å². The highest BCUT2D eigenvalue weighted by molar-refractivity contribution is 5.85. The minimum atomic E-state index is -0.835. The topological polar surface area (TPSA) is 72.6 Å². The van der Waals surface area contributed by atoms with E-state index in [4.69, 9.17) is 5.73 Å². The molecule has 0 aromatic carbocycles. The van der Waals surface area contributed by atoms with E-state index in [0.29, 0.717) is 25.9 Å². The zero-order valence-corrected chi connectivity index (χ0v) is 10.2. The van der Waals surface area contributed by atoms with E-state index in [1.807, 2.05) is 0 Å². The Morgan fingerprint density at radius 2 is 1.81 bits per heavy atom. The summed E-state index contributed by atoms with van der Waals surface area (Å²) in [6.45, 7) is 4.56. The monoisotopic (exact) mass is 228 g/mol.